The topological polar surface area (TPSA) is 85.8 Å². The molecule has 40 heavy (non-hydrogen) atoms. The van der Waals surface area contributed by atoms with Crippen LogP contribution in [0.4, 0.5) is 11.6 Å². The minimum absolute atomic E-state index is 0.0238. The number of anilines is 2. The fourth-order valence-electron chi connectivity index (χ4n) is 5.64. The predicted octanol–water partition coefficient (Wildman–Crippen LogP) is 4.15. The van der Waals surface area contributed by atoms with Crippen molar-refractivity contribution in [3.63, 3.8) is 0 Å². The highest BCUT2D eigenvalue weighted by molar-refractivity contribution is 5.97. The van der Waals surface area contributed by atoms with Crippen molar-refractivity contribution in [3.05, 3.63) is 77.9 Å². The maximum Gasteiger partial charge on any atom is 0.253 e. The van der Waals surface area contributed by atoms with E-state index in [4.69, 9.17) is 0 Å². The van der Waals surface area contributed by atoms with Gasteiger partial charge in [0.1, 0.15) is 0 Å². The zero-order chi connectivity index (χ0) is 27.7. The third-order valence-electron chi connectivity index (χ3n) is 7.78. The molecule has 1 saturated heterocycles. The van der Waals surface area contributed by atoms with Crippen molar-refractivity contribution in [1.82, 2.24) is 24.8 Å². The lowest BCUT2D eigenvalue weighted by Crippen LogP contribution is -2.49. The Morgan fingerprint density at radius 3 is 2.30 bits per heavy atom. The van der Waals surface area contributed by atoms with E-state index in [2.05, 4.69) is 30.8 Å². The second kappa shape index (κ2) is 13.5. The molecule has 0 radical (unpaired) electrons. The van der Waals surface area contributed by atoms with E-state index in [1.54, 1.807) is 25.5 Å². The number of carbonyl (C=O) groups is 2. The van der Waals surface area contributed by atoms with Crippen LogP contribution in [0.2, 0.25) is 0 Å². The summed E-state index contributed by atoms with van der Waals surface area (Å²) in [4.78, 5) is 47.8. The molecule has 0 saturated carbocycles. The lowest BCUT2D eigenvalue weighted by atomic mass is 10.0. The number of benzene rings is 1. The first-order chi connectivity index (χ1) is 19.6. The third-order valence-corrected chi connectivity index (χ3v) is 7.78. The van der Waals surface area contributed by atoms with Crippen LogP contribution in [-0.2, 0) is 17.9 Å². The summed E-state index contributed by atoms with van der Waals surface area (Å²) in [6.45, 7) is 7.33. The number of fused-ring (bicyclic) bond motifs is 1. The molecule has 3 aromatic rings. The number of piperazine rings is 1. The molecule has 1 fully saturated rings. The smallest absolute Gasteiger partial charge is 0.253 e. The zero-order valence-corrected chi connectivity index (χ0v) is 23.4. The van der Waals surface area contributed by atoms with Crippen molar-refractivity contribution in [2.45, 2.75) is 52.1 Å². The van der Waals surface area contributed by atoms with Crippen molar-refractivity contribution in [3.8, 4) is 0 Å². The molecule has 4 heterocycles. The van der Waals surface area contributed by atoms with E-state index in [0.29, 0.717) is 50.8 Å². The number of carbonyl (C=O) groups excluding carboxylic acids is 2. The quantitative estimate of drug-likeness (QED) is 0.490. The molecule has 2 aliphatic heterocycles. The van der Waals surface area contributed by atoms with Crippen molar-refractivity contribution in [2.24, 2.45) is 0 Å². The molecule has 210 valence electrons. The van der Waals surface area contributed by atoms with Crippen LogP contribution in [0.5, 0.6) is 0 Å². The largest absolute Gasteiger partial charge is 0.337 e. The monoisotopic (exact) mass is 541 g/mol. The van der Waals surface area contributed by atoms with Gasteiger partial charge >= 0.3 is 0 Å². The van der Waals surface area contributed by atoms with Gasteiger partial charge in [0.25, 0.3) is 5.91 Å². The molecule has 2 amide bonds. The highest BCUT2D eigenvalue weighted by Crippen LogP contribution is 2.27. The molecule has 9 heteroatoms. The number of hydrogen-bond donors (Lipinski definition) is 0. The summed E-state index contributed by atoms with van der Waals surface area (Å²) >= 11 is 0. The Kier molecular flexibility index (Phi) is 9.34. The van der Waals surface area contributed by atoms with E-state index < -0.39 is 0 Å². The van der Waals surface area contributed by atoms with Gasteiger partial charge in [-0.05, 0) is 60.8 Å². The van der Waals surface area contributed by atoms with E-state index in [1.165, 1.54) is 12.8 Å². The van der Waals surface area contributed by atoms with Crippen LogP contribution in [0.1, 0.15) is 60.5 Å². The molecule has 0 aliphatic carbocycles. The summed E-state index contributed by atoms with van der Waals surface area (Å²) in [7, 11) is 0. The Hall–Kier alpha value is -3.85. The van der Waals surface area contributed by atoms with E-state index in [1.807, 2.05) is 46.3 Å². The fourth-order valence-corrected chi connectivity index (χ4v) is 5.64. The molecule has 0 bridgehead atoms. The number of hydrogen-bond acceptors (Lipinski definition) is 7. The van der Waals surface area contributed by atoms with Gasteiger partial charge in [-0.15, -0.1) is 0 Å². The van der Waals surface area contributed by atoms with E-state index >= 15 is 0 Å². The van der Waals surface area contributed by atoms with Gasteiger partial charge in [-0.2, -0.15) is 0 Å². The van der Waals surface area contributed by atoms with E-state index in [9.17, 15) is 9.59 Å². The first kappa shape index (κ1) is 27.7. The highest BCUT2D eigenvalue weighted by Gasteiger charge is 2.25. The Morgan fingerprint density at radius 2 is 1.57 bits per heavy atom. The third kappa shape index (κ3) is 7.01. The Balaban J connectivity index is 1.39. The van der Waals surface area contributed by atoms with Crippen LogP contribution in [0.25, 0.3) is 0 Å². The van der Waals surface area contributed by atoms with Gasteiger partial charge < -0.3 is 14.7 Å². The first-order valence-corrected chi connectivity index (χ1v) is 14.4. The minimum atomic E-state index is 0.0238. The van der Waals surface area contributed by atoms with Crippen LogP contribution < -0.4 is 9.80 Å². The van der Waals surface area contributed by atoms with Crippen molar-refractivity contribution < 1.29 is 9.59 Å². The van der Waals surface area contributed by atoms with Gasteiger partial charge in [-0.1, -0.05) is 25.3 Å². The van der Waals surface area contributed by atoms with Gasteiger partial charge in [0, 0.05) is 88.8 Å². The maximum atomic E-state index is 13.7. The summed E-state index contributed by atoms with van der Waals surface area (Å²) in [6.07, 6.45) is 12.8. The molecule has 0 unspecified atom stereocenters. The minimum Gasteiger partial charge on any atom is -0.337 e. The number of nitrogens with zero attached hydrogens (tertiary/aromatic N) is 7. The maximum absolute atomic E-state index is 13.7. The molecule has 0 N–H and O–H groups in total. The normalized spacial score (nSPS) is 17.5. The Labute approximate surface area is 236 Å². The van der Waals surface area contributed by atoms with Crippen molar-refractivity contribution in [1.29, 1.82) is 0 Å². The fraction of sp³-hybridized carbons (Fsp3) is 0.452. The molecular weight excluding hydrogens is 502 g/mol. The van der Waals surface area contributed by atoms with E-state index in [-0.39, 0.29) is 11.8 Å². The van der Waals surface area contributed by atoms with Crippen LogP contribution >= 0.6 is 0 Å². The summed E-state index contributed by atoms with van der Waals surface area (Å²) in [6, 6.07) is 11.8. The zero-order valence-electron chi connectivity index (χ0n) is 23.4. The van der Waals surface area contributed by atoms with Crippen LogP contribution in [0.15, 0.2) is 61.2 Å². The molecular formula is C31H39N7O2. The SMILES string of the molecule is CC(=O)N1CCCCCCCN(Cc2cccnc2)Cc2cc(C(=O)N3CCN(c4ncccn4)CC3)ccc21. The summed E-state index contributed by atoms with van der Waals surface area (Å²) in [5.74, 6) is 0.763. The van der Waals surface area contributed by atoms with Crippen LogP contribution in [0.3, 0.4) is 0 Å². The van der Waals surface area contributed by atoms with Gasteiger partial charge in [0.05, 0.1) is 0 Å². The number of amides is 2. The first-order valence-electron chi connectivity index (χ1n) is 14.4. The number of rotatable bonds is 4. The molecule has 2 aromatic heterocycles. The Bertz CT molecular complexity index is 1260. The molecule has 9 nitrogen and oxygen atoms in total. The second-order valence-corrected chi connectivity index (χ2v) is 10.7. The molecule has 0 spiro atoms. The molecule has 5 rings (SSSR count). The van der Waals surface area contributed by atoms with Gasteiger partial charge in [-0.3, -0.25) is 19.5 Å². The molecule has 0 atom stereocenters. The number of aromatic nitrogens is 3. The standard InChI is InChI=1S/C31H39N7O2/c1-25(39)38-16-6-4-2-3-5-15-35(23-26-9-7-12-32-22-26)24-28-21-27(10-11-29(28)38)30(40)36-17-19-37(20-18-36)31-33-13-8-14-34-31/h7-14,21-22H,2-6,15-20,23-24H2,1H3. The predicted molar refractivity (Wildman–Crippen MR) is 156 cm³/mol. The van der Waals surface area contributed by atoms with Crippen molar-refractivity contribution >= 4 is 23.5 Å². The lowest BCUT2D eigenvalue weighted by Gasteiger charge is -2.35. The van der Waals surface area contributed by atoms with Gasteiger partial charge in [0.2, 0.25) is 11.9 Å². The average Bonchev–Trinajstić information content (AvgIpc) is 2.98. The van der Waals surface area contributed by atoms with Crippen LogP contribution in [0, 0.1) is 0 Å². The summed E-state index contributed by atoms with van der Waals surface area (Å²) < 4.78 is 0. The molecule has 2 aliphatic rings. The van der Waals surface area contributed by atoms with Gasteiger partial charge in [-0.25, -0.2) is 9.97 Å². The van der Waals surface area contributed by atoms with Crippen molar-refractivity contribution in [2.75, 3.05) is 49.1 Å². The second-order valence-electron chi connectivity index (χ2n) is 10.7. The van der Waals surface area contributed by atoms with E-state index in [0.717, 1.165) is 49.2 Å². The van der Waals surface area contributed by atoms with Crippen LogP contribution in [-0.4, -0.2) is 75.8 Å². The molecule has 1 aromatic carbocycles. The summed E-state index contributed by atoms with van der Waals surface area (Å²) in [5, 5.41) is 0. The highest BCUT2D eigenvalue weighted by atomic mass is 16.2. The van der Waals surface area contributed by atoms with Gasteiger partial charge in [0.15, 0.2) is 0 Å². The Morgan fingerprint density at radius 1 is 0.825 bits per heavy atom. The summed E-state index contributed by atoms with van der Waals surface area (Å²) in [5.41, 5.74) is 3.75. The number of pyridine rings is 1. The average molecular weight is 542 g/mol. The lowest BCUT2D eigenvalue weighted by molar-refractivity contribution is -0.116.